The van der Waals surface area contributed by atoms with E-state index in [4.69, 9.17) is 0 Å². The summed E-state index contributed by atoms with van der Waals surface area (Å²) in [5.74, 6) is -1.90. The van der Waals surface area contributed by atoms with Crippen LogP contribution in [0.3, 0.4) is 0 Å². The lowest BCUT2D eigenvalue weighted by Crippen LogP contribution is -2.44. The fourth-order valence-electron chi connectivity index (χ4n) is 3.49. The van der Waals surface area contributed by atoms with Crippen molar-refractivity contribution in [2.45, 2.75) is 32.4 Å². The first-order valence-electron chi connectivity index (χ1n) is 9.93. The number of pyridine rings is 1. The summed E-state index contributed by atoms with van der Waals surface area (Å²) >= 11 is 0. The highest BCUT2D eigenvalue weighted by atomic mass is 16.2. The van der Waals surface area contributed by atoms with Crippen LogP contribution in [0, 0.1) is 0 Å². The van der Waals surface area contributed by atoms with Gasteiger partial charge in [-0.2, -0.15) is 0 Å². The van der Waals surface area contributed by atoms with Gasteiger partial charge in [-0.25, -0.2) is 4.79 Å². The molecule has 0 saturated carbocycles. The van der Waals surface area contributed by atoms with Crippen LogP contribution in [0.5, 0.6) is 0 Å². The number of allylic oxidation sites excluding steroid dienone is 1. The van der Waals surface area contributed by atoms with Crippen LogP contribution in [-0.2, 0) is 16.1 Å². The van der Waals surface area contributed by atoms with E-state index in [9.17, 15) is 24.0 Å². The molecule has 0 spiro atoms. The Bertz CT molecular complexity index is 1100. The van der Waals surface area contributed by atoms with E-state index >= 15 is 0 Å². The number of carbonyl (C=O) groups excluding carboxylic acids is 5. The predicted molar refractivity (Wildman–Crippen MR) is 116 cm³/mol. The van der Waals surface area contributed by atoms with Crippen LogP contribution in [0.4, 0.5) is 10.5 Å². The Morgan fingerprint density at radius 2 is 1.94 bits per heavy atom. The van der Waals surface area contributed by atoms with E-state index in [1.807, 2.05) is 0 Å². The Balaban J connectivity index is 1.77. The number of benzene rings is 1. The van der Waals surface area contributed by atoms with E-state index in [1.54, 1.807) is 30.5 Å². The summed E-state index contributed by atoms with van der Waals surface area (Å²) in [6, 6.07) is 6.52. The molecule has 0 radical (unpaired) electrons. The summed E-state index contributed by atoms with van der Waals surface area (Å²) in [6.45, 7) is 4.65. The lowest BCUT2D eigenvalue weighted by Gasteiger charge is -2.23. The minimum atomic E-state index is -1.05. The summed E-state index contributed by atoms with van der Waals surface area (Å²) in [4.78, 5) is 66.9. The number of fused-ring (bicyclic) bond motifs is 1. The van der Waals surface area contributed by atoms with Gasteiger partial charge in [-0.15, -0.1) is 0 Å². The smallest absolute Gasteiger partial charge is 0.319 e. The number of aromatic nitrogens is 1. The van der Waals surface area contributed by atoms with Gasteiger partial charge in [0.25, 0.3) is 11.8 Å². The second-order valence-corrected chi connectivity index (χ2v) is 7.20. The number of anilines is 1. The van der Waals surface area contributed by atoms with Gasteiger partial charge < -0.3 is 10.6 Å². The molecular weight excluding hydrogens is 412 g/mol. The van der Waals surface area contributed by atoms with Crippen molar-refractivity contribution in [1.82, 2.24) is 15.2 Å². The Morgan fingerprint density at radius 1 is 1.16 bits per heavy atom. The number of hydrogen-bond donors (Lipinski definition) is 2. The maximum Gasteiger partial charge on any atom is 0.319 e. The molecule has 9 nitrogen and oxygen atoms in total. The lowest BCUT2D eigenvalue weighted by molar-refractivity contribution is -0.121. The van der Waals surface area contributed by atoms with Crippen LogP contribution in [0.25, 0.3) is 0 Å². The molecule has 1 aliphatic heterocycles. The van der Waals surface area contributed by atoms with Crippen molar-refractivity contribution in [2.75, 3.05) is 5.32 Å². The Morgan fingerprint density at radius 3 is 2.59 bits per heavy atom. The van der Waals surface area contributed by atoms with Crippen LogP contribution in [0.1, 0.15) is 46.0 Å². The molecule has 9 heteroatoms. The molecule has 1 aromatic heterocycles. The molecule has 1 aromatic carbocycles. The van der Waals surface area contributed by atoms with Gasteiger partial charge in [0.15, 0.2) is 11.6 Å². The van der Waals surface area contributed by atoms with Gasteiger partial charge in [0, 0.05) is 19.2 Å². The first kappa shape index (κ1) is 22.5. The molecule has 0 aliphatic carbocycles. The molecule has 0 bridgehead atoms. The van der Waals surface area contributed by atoms with Gasteiger partial charge in [-0.1, -0.05) is 18.7 Å². The molecule has 2 aromatic rings. The van der Waals surface area contributed by atoms with Crippen molar-refractivity contribution in [3.05, 3.63) is 72.1 Å². The van der Waals surface area contributed by atoms with E-state index in [2.05, 4.69) is 22.2 Å². The number of nitrogens with one attached hydrogen (secondary N) is 2. The molecule has 4 amide bonds. The van der Waals surface area contributed by atoms with Gasteiger partial charge >= 0.3 is 6.03 Å². The fourth-order valence-corrected chi connectivity index (χ4v) is 3.49. The minimum absolute atomic E-state index is 0.00984. The third-order valence-electron chi connectivity index (χ3n) is 5.06. The highest BCUT2D eigenvalue weighted by Crippen LogP contribution is 2.29. The Hall–Kier alpha value is -4.14. The van der Waals surface area contributed by atoms with Crippen LogP contribution in [-0.4, -0.2) is 45.3 Å². The van der Waals surface area contributed by atoms with Crippen molar-refractivity contribution >= 4 is 35.1 Å². The van der Waals surface area contributed by atoms with Crippen molar-refractivity contribution < 1.29 is 24.0 Å². The number of urea groups is 1. The molecular formula is C23H22N4O5. The van der Waals surface area contributed by atoms with Gasteiger partial charge in [0.1, 0.15) is 0 Å². The monoisotopic (exact) mass is 434 g/mol. The predicted octanol–water partition coefficient (Wildman–Crippen LogP) is 2.49. The number of nitrogens with zero attached hydrogens (tertiary/aromatic N) is 2. The first-order chi connectivity index (χ1) is 15.3. The normalized spacial score (nSPS) is 13.3. The quantitative estimate of drug-likeness (QED) is 0.461. The van der Waals surface area contributed by atoms with Crippen LogP contribution in [0.2, 0.25) is 0 Å². The Kier molecular flexibility index (Phi) is 6.89. The zero-order valence-electron chi connectivity index (χ0n) is 17.5. The van der Waals surface area contributed by atoms with Gasteiger partial charge in [0.05, 0.1) is 29.1 Å². The molecule has 0 fully saturated rings. The summed E-state index contributed by atoms with van der Waals surface area (Å²) < 4.78 is 0. The third kappa shape index (κ3) is 4.77. The molecule has 1 unspecified atom stereocenters. The average Bonchev–Trinajstić information content (AvgIpc) is 3.04. The second kappa shape index (κ2) is 9.78. The highest BCUT2D eigenvalue weighted by molar-refractivity contribution is 6.23. The molecule has 1 aliphatic rings. The Labute approximate surface area is 184 Å². The van der Waals surface area contributed by atoms with Crippen molar-refractivity contribution in [3.63, 3.8) is 0 Å². The number of carbonyl (C=O) groups is 5. The molecule has 3 rings (SSSR count). The van der Waals surface area contributed by atoms with Gasteiger partial charge in [-0.05, 0) is 43.2 Å². The van der Waals surface area contributed by atoms with Gasteiger partial charge in [-0.3, -0.25) is 29.1 Å². The van der Waals surface area contributed by atoms with E-state index in [0.717, 1.165) is 11.0 Å². The molecule has 0 saturated heterocycles. The SMILES string of the molecule is C=CC(=O)CCC(C(C)=O)N1C(=O)c2cccc(CNC(=O)Nc3cccnc3)c2C1=O. The van der Waals surface area contributed by atoms with Crippen molar-refractivity contribution in [1.29, 1.82) is 0 Å². The maximum absolute atomic E-state index is 13.1. The molecule has 2 N–H and O–H groups in total. The number of hydrogen-bond acceptors (Lipinski definition) is 6. The van der Waals surface area contributed by atoms with Crippen LogP contribution >= 0.6 is 0 Å². The van der Waals surface area contributed by atoms with E-state index in [1.165, 1.54) is 19.2 Å². The minimum Gasteiger partial charge on any atom is -0.334 e. The van der Waals surface area contributed by atoms with Gasteiger partial charge in [0.2, 0.25) is 0 Å². The molecule has 32 heavy (non-hydrogen) atoms. The van der Waals surface area contributed by atoms with Crippen LogP contribution < -0.4 is 10.6 Å². The first-order valence-corrected chi connectivity index (χ1v) is 9.93. The molecule has 2 heterocycles. The zero-order chi connectivity index (χ0) is 23.3. The number of ketones is 2. The summed E-state index contributed by atoms with van der Waals surface area (Å²) in [6.07, 6.45) is 4.21. The summed E-state index contributed by atoms with van der Waals surface area (Å²) in [7, 11) is 0. The number of amides is 4. The number of Topliss-reactive ketones (excluding diaryl/α,β-unsaturated/α-hetero) is 1. The lowest BCUT2D eigenvalue weighted by atomic mass is 10.0. The number of rotatable bonds is 9. The van der Waals surface area contributed by atoms with E-state index < -0.39 is 29.7 Å². The molecule has 1 atom stereocenters. The topological polar surface area (TPSA) is 126 Å². The maximum atomic E-state index is 13.1. The average molecular weight is 434 g/mol. The number of imide groups is 1. The molecule has 164 valence electrons. The highest BCUT2D eigenvalue weighted by Gasteiger charge is 2.42. The van der Waals surface area contributed by atoms with Crippen LogP contribution in [0.15, 0.2) is 55.4 Å². The largest absolute Gasteiger partial charge is 0.334 e. The standard InChI is InChI=1S/C23H22N4O5/c1-3-17(29)9-10-19(14(2)28)27-21(30)18-8-4-6-15(20(18)22(27)31)12-25-23(32)26-16-7-5-11-24-13-16/h3-8,11,13,19H,1,9-10,12H2,2H3,(H2,25,26,32). The summed E-state index contributed by atoms with van der Waals surface area (Å²) in [5.41, 5.74) is 1.23. The third-order valence-corrected chi connectivity index (χ3v) is 5.06. The summed E-state index contributed by atoms with van der Waals surface area (Å²) in [5, 5.41) is 5.26. The second-order valence-electron chi connectivity index (χ2n) is 7.20. The van der Waals surface area contributed by atoms with Crippen molar-refractivity contribution in [3.8, 4) is 0 Å². The van der Waals surface area contributed by atoms with E-state index in [-0.39, 0.29) is 36.3 Å². The van der Waals surface area contributed by atoms with Crippen molar-refractivity contribution in [2.24, 2.45) is 0 Å². The fraction of sp³-hybridized carbons (Fsp3) is 0.217. The van der Waals surface area contributed by atoms with E-state index in [0.29, 0.717) is 11.3 Å². The zero-order valence-corrected chi connectivity index (χ0v) is 17.5.